The summed E-state index contributed by atoms with van der Waals surface area (Å²) in [6.45, 7) is 7.83. The molecule has 118 valence electrons. The zero-order valence-corrected chi connectivity index (χ0v) is 13.8. The van der Waals surface area contributed by atoms with Crippen LogP contribution in [0, 0.1) is 5.92 Å². The Morgan fingerprint density at radius 1 is 1.14 bits per heavy atom. The number of rotatable bonds is 6. The molecule has 0 amide bonds. The van der Waals surface area contributed by atoms with Gasteiger partial charge in [0.1, 0.15) is 5.75 Å². The van der Waals surface area contributed by atoms with Gasteiger partial charge in [-0.3, -0.25) is 0 Å². The molecule has 2 N–H and O–H groups in total. The van der Waals surface area contributed by atoms with E-state index in [1.807, 2.05) is 12.1 Å². The molecule has 1 aromatic carbocycles. The molecule has 0 radical (unpaired) electrons. The first-order valence-corrected chi connectivity index (χ1v) is 8.19. The van der Waals surface area contributed by atoms with Crippen molar-refractivity contribution < 1.29 is 4.74 Å². The Morgan fingerprint density at radius 3 is 2.29 bits per heavy atom. The van der Waals surface area contributed by atoms with Gasteiger partial charge in [0.05, 0.1) is 12.6 Å². The normalized spacial score (nSPS) is 19.5. The minimum Gasteiger partial charge on any atom is -0.497 e. The van der Waals surface area contributed by atoms with Gasteiger partial charge in [0.25, 0.3) is 0 Å². The minimum absolute atomic E-state index is 0.266. The monoisotopic (exact) mass is 290 g/mol. The molecule has 3 heteroatoms. The number of piperidine rings is 1. The first-order valence-electron chi connectivity index (χ1n) is 8.19. The van der Waals surface area contributed by atoms with Gasteiger partial charge in [-0.15, -0.1) is 0 Å². The first-order chi connectivity index (χ1) is 10.0. The number of methoxy groups -OCH3 is 1. The Labute approximate surface area is 129 Å². The zero-order valence-electron chi connectivity index (χ0n) is 13.8. The van der Waals surface area contributed by atoms with Crippen LogP contribution in [0.4, 0.5) is 0 Å². The van der Waals surface area contributed by atoms with E-state index in [0.29, 0.717) is 5.92 Å². The molecule has 1 atom stereocenters. The lowest BCUT2D eigenvalue weighted by Crippen LogP contribution is -2.49. The molecule has 21 heavy (non-hydrogen) atoms. The Balaban J connectivity index is 2.17. The fraction of sp³-hybridized carbons (Fsp3) is 0.667. The highest BCUT2D eigenvalue weighted by Gasteiger charge is 2.31. The molecule has 2 rings (SSSR count). The average molecular weight is 290 g/mol. The molecule has 1 unspecified atom stereocenters. The van der Waals surface area contributed by atoms with Crippen molar-refractivity contribution in [2.75, 3.05) is 26.7 Å². The van der Waals surface area contributed by atoms with E-state index in [-0.39, 0.29) is 5.54 Å². The van der Waals surface area contributed by atoms with E-state index in [0.717, 1.165) is 18.7 Å². The van der Waals surface area contributed by atoms with Gasteiger partial charge in [0.15, 0.2) is 0 Å². The summed E-state index contributed by atoms with van der Waals surface area (Å²) in [7, 11) is 1.70. The van der Waals surface area contributed by atoms with Crippen molar-refractivity contribution in [1.82, 2.24) is 4.90 Å². The number of nitrogens with zero attached hydrogens (tertiary/aromatic N) is 1. The maximum Gasteiger partial charge on any atom is 0.118 e. The van der Waals surface area contributed by atoms with E-state index >= 15 is 0 Å². The molecule has 1 aromatic rings. The van der Waals surface area contributed by atoms with Crippen molar-refractivity contribution in [2.45, 2.75) is 45.1 Å². The largest absolute Gasteiger partial charge is 0.497 e. The minimum atomic E-state index is -0.266. The average Bonchev–Trinajstić information content (AvgIpc) is 2.47. The molecule has 0 bridgehead atoms. The molecule has 1 aliphatic rings. The molecule has 1 aliphatic heterocycles. The van der Waals surface area contributed by atoms with Gasteiger partial charge in [-0.05, 0) is 56.0 Å². The van der Waals surface area contributed by atoms with Gasteiger partial charge >= 0.3 is 0 Å². The number of hydrogen-bond donors (Lipinski definition) is 1. The highest BCUT2D eigenvalue weighted by molar-refractivity contribution is 5.32. The van der Waals surface area contributed by atoms with Crippen LogP contribution in [0.3, 0.4) is 0 Å². The van der Waals surface area contributed by atoms with Crippen molar-refractivity contribution in [1.29, 1.82) is 0 Å². The van der Waals surface area contributed by atoms with E-state index in [1.54, 1.807) is 7.11 Å². The van der Waals surface area contributed by atoms with Crippen LogP contribution in [0.2, 0.25) is 0 Å². The van der Waals surface area contributed by atoms with Gasteiger partial charge in [-0.25, -0.2) is 0 Å². The van der Waals surface area contributed by atoms with Crippen LogP contribution in [0.1, 0.15) is 45.1 Å². The third-order valence-electron chi connectivity index (χ3n) is 4.39. The van der Waals surface area contributed by atoms with E-state index in [4.69, 9.17) is 10.5 Å². The topological polar surface area (TPSA) is 38.5 Å². The maximum atomic E-state index is 6.86. The molecule has 0 aliphatic carbocycles. The number of nitrogens with two attached hydrogens (primary N) is 1. The lowest BCUT2D eigenvalue weighted by Gasteiger charge is -2.38. The lowest BCUT2D eigenvalue weighted by atomic mass is 9.82. The summed E-state index contributed by atoms with van der Waals surface area (Å²) >= 11 is 0. The van der Waals surface area contributed by atoms with Gasteiger partial charge in [-0.2, -0.15) is 0 Å². The number of benzene rings is 1. The van der Waals surface area contributed by atoms with Crippen LogP contribution in [-0.2, 0) is 5.54 Å². The third-order valence-corrected chi connectivity index (χ3v) is 4.39. The molecule has 1 heterocycles. The van der Waals surface area contributed by atoms with Crippen LogP contribution >= 0.6 is 0 Å². The Kier molecular flexibility index (Phi) is 5.65. The molecule has 0 aromatic heterocycles. The second kappa shape index (κ2) is 7.28. The summed E-state index contributed by atoms with van der Waals surface area (Å²) in [6, 6.07) is 8.30. The third kappa shape index (κ3) is 4.45. The van der Waals surface area contributed by atoms with Crippen LogP contribution < -0.4 is 10.5 Å². The van der Waals surface area contributed by atoms with Crippen LogP contribution in [0.15, 0.2) is 24.3 Å². The molecule has 1 fully saturated rings. The number of likely N-dealkylation sites (tertiary alicyclic amines) is 1. The zero-order chi connectivity index (χ0) is 15.3. The van der Waals surface area contributed by atoms with Crippen molar-refractivity contribution in [3.05, 3.63) is 29.8 Å². The van der Waals surface area contributed by atoms with Gasteiger partial charge in [-0.1, -0.05) is 32.4 Å². The number of hydrogen-bond acceptors (Lipinski definition) is 3. The Morgan fingerprint density at radius 2 is 1.76 bits per heavy atom. The smallest absolute Gasteiger partial charge is 0.118 e. The van der Waals surface area contributed by atoms with Crippen LogP contribution in [-0.4, -0.2) is 31.6 Å². The summed E-state index contributed by atoms with van der Waals surface area (Å²) in [4.78, 5) is 2.54. The second-order valence-corrected chi connectivity index (χ2v) is 6.82. The van der Waals surface area contributed by atoms with Crippen molar-refractivity contribution in [3.8, 4) is 5.75 Å². The predicted molar refractivity (Wildman–Crippen MR) is 88.6 cm³/mol. The van der Waals surface area contributed by atoms with Crippen molar-refractivity contribution >= 4 is 0 Å². The fourth-order valence-corrected chi connectivity index (χ4v) is 3.44. The SMILES string of the molecule is COc1ccc(C(N)(CC(C)C)CN2CCCCC2)cc1. The van der Waals surface area contributed by atoms with Crippen molar-refractivity contribution in [2.24, 2.45) is 11.7 Å². The molecule has 0 spiro atoms. The molecular formula is C18H30N2O. The van der Waals surface area contributed by atoms with Gasteiger partial charge in [0.2, 0.25) is 0 Å². The van der Waals surface area contributed by atoms with Gasteiger partial charge in [0, 0.05) is 6.54 Å². The van der Waals surface area contributed by atoms with Crippen molar-refractivity contribution in [3.63, 3.8) is 0 Å². The van der Waals surface area contributed by atoms with E-state index < -0.39 is 0 Å². The maximum absolute atomic E-state index is 6.86. The summed E-state index contributed by atoms with van der Waals surface area (Å²) in [5, 5.41) is 0. The summed E-state index contributed by atoms with van der Waals surface area (Å²) in [5.41, 5.74) is 7.82. The van der Waals surface area contributed by atoms with E-state index in [2.05, 4.69) is 30.9 Å². The van der Waals surface area contributed by atoms with E-state index in [9.17, 15) is 0 Å². The molecule has 1 saturated heterocycles. The first kappa shape index (κ1) is 16.3. The standard InChI is InChI=1S/C18H30N2O/c1-15(2)13-18(19,14-20-11-5-4-6-12-20)16-7-9-17(21-3)10-8-16/h7-10,15H,4-6,11-14,19H2,1-3H3. The van der Waals surface area contributed by atoms with Crippen LogP contribution in [0.25, 0.3) is 0 Å². The predicted octanol–water partition coefficient (Wildman–Crippen LogP) is 3.38. The summed E-state index contributed by atoms with van der Waals surface area (Å²) in [6.07, 6.45) is 4.98. The summed E-state index contributed by atoms with van der Waals surface area (Å²) < 4.78 is 5.26. The molecular weight excluding hydrogens is 260 g/mol. The highest BCUT2D eigenvalue weighted by Crippen LogP contribution is 2.29. The Bertz CT molecular complexity index is 423. The molecule has 0 saturated carbocycles. The number of ether oxygens (including phenoxy) is 1. The van der Waals surface area contributed by atoms with Crippen LogP contribution in [0.5, 0.6) is 5.75 Å². The molecule has 3 nitrogen and oxygen atoms in total. The Hall–Kier alpha value is -1.06. The fourth-order valence-electron chi connectivity index (χ4n) is 3.44. The van der Waals surface area contributed by atoms with Gasteiger partial charge < -0.3 is 15.4 Å². The highest BCUT2D eigenvalue weighted by atomic mass is 16.5. The van der Waals surface area contributed by atoms with E-state index in [1.165, 1.54) is 37.9 Å². The lowest BCUT2D eigenvalue weighted by molar-refractivity contribution is 0.163. The quantitative estimate of drug-likeness (QED) is 0.873. The summed E-state index contributed by atoms with van der Waals surface area (Å²) in [5.74, 6) is 1.48. The second-order valence-electron chi connectivity index (χ2n) is 6.82.